The lowest BCUT2D eigenvalue weighted by atomic mass is 10.0. The summed E-state index contributed by atoms with van der Waals surface area (Å²) < 4.78 is 0. The summed E-state index contributed by atoms with van der Waals surface area (Å²) in [5, 5.41) is 31.2. The van der Waals surface area contributed by atoms with Gasteiger partial charge in [0.1, 0.15) is 12.5 Å². The minimum atomic E-state index is -0.956. The quantitative estimate of drug-likeness (QED) is 0.664. The van der Waals surface area contributed by atoms with Crippen molar-refractivity contribution < 1.29 is 15.0 Å². The van der Waals surface area contributed by atoms with Crippen molar-refractivity contribution in [1.82, 2.24) is 10.2 Å². The third-order valence-corrected chi connectivity index (χ3v) is 3.98. The van der Waals surface area contributed by atoms with E-state index >= 15 is 0 Å². The first-order valence-corrected chi connectivity index (χ1v) is 6.57. The van der Waals surface area contributed by atoms with Gasteiger partial charge < -0.3 is 15.1 Å². The smallest absolute Gasteiger partial charge is 0.254 e. The summed E-state index contributed by atoms with van der Waals surface area (Å²) in [6.07, 6.45) is -0.692. The molecule has 0 spiro atoms. The number of piperidine rings is 1. The van der Waals surface area contributed by atoms with Crippen molar-refractivity contribution in [2.75, 3.05) is 0 Å². The summed E-state index contributed by atoms with van der Waals surface area (Å²) in [5.41, 5.74) is 1.75. The highest BCUT2D eigenvalue weighted by Gasteiger charge is 2.39. The van der Waals surface area contributed by atoms with Gasteiger partial charge in [-0.2, -0.15) is 5.26 Å². The van der Waals surface area contributed by atoms with Crippen LogP contribution in [0.25, 0.3) is 0 Å². The lowest BCUT2D eigenvalue weighted by molar-refractivity contribution is -0.0477. The summed E-state index contributed by atoms with van der Waals surface area (Å²) in [4.78, 5) is 14.0. The Morgan fingerprint density at radius 2 is 2.15 bits per heavy atom. The van der Waals surface area contributed by atoms with Crippen LogP contribution in [0.3, 0.4) is 0 Å². The van der Waals surface area contributed by atoms with Gasteiger partial charge in [0.15, 0.2) is 0 Å². The van der Waals surface area contributed by atoms with E-state index in [1.165, 1.54) is 0 Å². The number of nitriles is 1. The summed E-state index contributed by atoms with van der Waals surface area (Å²) >= 11 is 0. The second-order valence-corrected chi connectivity index (χ2v) is 5.15. The van der Waals surface area contributed by atoms with Crippen LogP contribution in [-0.4, -0.2) is 39.5 Å². The van der Waals surface area contributed by atoms with Crippen LogP contribution in [0.1, 0.15) is 34.3 Å². The van der Waals surface area contributed by atoms with Crippen molar-refractivity contribution in [1.29, 1.82) is 5.26 Å². The van der Waals surface area contributed by atoms with E-state index in [2.05, 4.69) is 11.4 Å². The number of aliphatic hydroxyl groups is 2. The van der Waals surface area contributed by atoms with Crippen LogP contribution in [0, 0.1) is 11.3 Å². The number of carbonyl (C=O) groups is 1. The number of aliphatic hydroxyl groups excluding tert-OH is 2. The van der Waals surface area contributed by atoms with Crippen LogP contribution in [-0.2, 0) is 6.54 Å². The fourth-order valence-corrected chi connectivity index (χ4v) is 2.93. The van der Waals surface area contributed by atoms with Crippen molar-refractivity contribution in [3.05, 3.63) is 34.9 Å². The number of nitrogens with zero attached hydrogens (tertiary/aromatic N) is 2. The first-order valence-electron chi connectivity index (χ1n) is 6.57. The molecule has 3 atom stereocenters. The van der Waals surface area contributed by atoms with E-state index in [-0.39, 0.29) is 11.9 Å². The molecule has 2 aliphatic heterocycles. The molecule has 1 aromatic rings. The highest BCUT2D eigenvalue weighted by molar-refractivity contribution is 5.99. The molecule has 6 nitrogen and oxygen atoms in total. The maximum atomic E-state index is 12.4. The minimum absolute atomic E-state index is 0.167. The van der Waals surface area contributed by atoms with Crippen LogP contribution in [0.15, 0.2) is 18.2 Å². The van der Waals surface area contributed by atoms with Gasteiger partial charge in [0, 0.05) is 17.7 Å². The zero-order chi connectivity index (χ0) is 14.3. The zero-order valence-electron chi connectivity index (χ0n) is 10.8. The topological polar surface area (TPSA) is 96.6 Å². The lowest BCUT2D eigenvalue weighted by Crippen LogP contribution is -2.56. The number of fused-ring (bicyclic) bond motifs is 1. The molecular formula is C14H15N3O3. The van der Waals surface area contributed by atoms with Crippen molar-refractivity contribution in [2.24, 2.45) is 0 Å². The molecule has 0 aromatic heterocycles. The zero-order valence-corrected chi connectivity index (χ0v) is 10.8. The number of carbonyl (C=O) groups excluding carboxylic acids is 1. The van der Waals surface area contributed by atoms with Crippen molar-refractivity contribution in [3.63, 3.8) is 0 Å². The second kappa shape index (κ2) is 4.87. The van der Waals surface area contributed by atoms with Crippen molar-refractivity contribution in [3.8, 4) is 6.07 Å². The van der Waals surface area contributed by atoms with Crippen LogP contribution < -0.4 is 5.32 Å². The Morgan fingerprint density at radius 1 is 1.35 bits per heavy atom. The van der Waals surface area contributed by atoms with Crippen LogP contribution >= 0.6 is 0 Å². The minimum Gasteiger partial charge on any atom is -0.379 e. The average molecular weight is 273 g/mol. The third-order valence-electron chi connectivity index (χ3n) is 3.98. The molecule has 3 N–H and O–H groups in total. The van der Waals surface area contributed by atoms with Crippen molar-refractivity contribution in [2.45, 2.75) is 37.9 Å². The van der Waals surface area contributed by atoms with Gasteiger partial charge in [0.25, 0.3) is 5.91 Å². The SMILES string of the molecule is N#Cc1cccc2c1CN(C1CCC(O)NC1O)C2=O. The summed E-state index contributed by atoms with van der Waals surface area (Å²) in [7, 11) is 0. The molecule has 3 unspecified atom stereocenters. The van der Waals surface area contributed by atoms with Gasteiger partial charge >= 0.3 is 0 Å². The molecule has 0 bridgehead atoms. The number of benzene rings is 1. The normalized spacial score (nSPS) is 29.1. The third kappa shape index (κ3) is 1.96. The second-order valence-electron chi connectivity index (χ2n) is 5.15. The van der Waals surface area contributed by atoms with Gasteiger partial charge in [0.2, 0.25) is 0 Å². The molecule has 6 heteroatoms. The maximum Gasteiger partial charge on any atom is 0.254 e. The Bertz CT molecular complexity index is 596. The largest absolute Gasteiger partial charge is 0.379 e. The first kappa shape index (κ1) is 13.1. The molecule has 0 radical (unpaired) electrons. The van der Waals surface area contributed by atoms with E-state index in [9.17, 15) is 15.0 Å². The van der Waals surface area contributed by atoms with Crippen LogP contribution in [0.2, 0.25) is 0 Å². The molecule has 1 fully saturated rings. The summed E-state index contributed by atoms with van der Waals surface area (Å²) in [6.45, 7) is 0.331. The van der Waals surface area contributed by atoms with E-state index in [1.807, 2.05) is 0 Å². The molecule has 0 aliphatic carbocycles. The molecule has 3 rings (SSSR count). The number of nitrogens with one attached hydrogen (secondary N) is 1. The number of hydrogen-bond donors (Lipinski definition) is 3. The molecular weight excluding hydrogens is 258 g/mol. The van der Waals surface area contributed by atoms with Crippen LogP contribution in [0.5, 0.6) is 0 Å². The first-order chi connectivity index (χ1) is 9.61. The molecule has 2 aliphatic rings. The van der Waals surface area contributed by atoms with E-state index in [1.54, 1.807) is 23.1 Å². The van der Waals surface area contributed by atoms with Gasteiger partial charge in [-0.1, -0.05) is 6.07 Å². The predicted octanol–water partition coefficient (Wildman–Crippen LogP) is -0.0971. The van der Waals surface area contributed by atoms with Gasteiger partial charge in [0.05, 0.1) is 17.7 Å². The van der Waals surface area contributed by atoms with E-state index < -0.39 is 12.5 Å². The summed E-state index contributed by atoms with van der Waals surface area (Å²) in [5.74, 6) is -0.167. The van der Waals surface area contributed by atoms with Gasteiger partial charge in [-0.15, -0.1) is 0 Å². The van der Waals surface area contributed by atoms with E-state index in [0.29, 0.717) is 30.5 Å². The van der Waals surface area contributed by atoms with Crippen molar-refractivity contribution >= 4 is 5.91 Å². The maximum absolute atomic E-state index is 12.4. The molecule has 20 heavy (non-hydrogen) atoms. The highest BCUT2D eigenvalue weighted by Crippen LogP contribution is 2.30. The monoisotopic (exact) mass is 273 g/mol. The summed E-state index contributed by atoms with van der Waals surface area (Å²) in [6, 6.07) is 6.79. The molecule has 104 valence electrons. The fraction of sp³-hybridized carbons (Fsp3) is 0.429. The Labute approximate surface area is 116 Å². The Hall–Kier alpha value is -1.94. The van der Waals surface area contributed by atoms with Crippen LogP contribution in [0.4, 0.5) is 0 Å². The lowest BCUT2D eigenvalue weighted by Gasteiger charge is -2.37. The number of hydrogen-bond acceptors (Lipinski definition) is 5. The Balaban J connectivity index is 1.89. The molecule has 1 aromatic carbocycles. The highest BCUT2D eigenvalue weighted by atomic mass is 16.3. The fourth-order valence-electron chi connectivity index (χ4n) is 2.93. The number of rotatable bonds is 1. The standard InChI is InChI=1S/C14H15N3O3/c15-6-8-2-1-3-9-10(8)7-17(14(9)20)11-4-5-12(18)16-13(11)19/h1-3,11-13,16,18-19H,4-5,7H2. The molecule has 1 saturated heterocycles. The number of amides is 1. The molecule has 2 heterocycles. The van der Waals surface area contributed by atoms with E-state index in [0.717, 1.165) is 5.56 Å². The predicted molar refractivity (Wildman–Crippen MR) is 69.2 cm³/mol. The molecule has 0 saturated carbocycles. The average Bonchev–Trinajstić information content (AvgIpc) is 2.76. The molecule has 1 amide bonds. The van der Waals surface area contributed by atoms with Gasteiger partial charge in [-0.05, 0) is 25.0 Å². The van der Waals surface area contributed by atoms with Gasteiger partial charge in [-0.3, -0.25) is 10.1 Å². The van der Waals surface area contributed by atoms with E-state index in [4.69, 9.17) is 5.26 Å². The Morgan fingerprint density at radius 3 is 2.85 bits per heavy atom. The van der Waals surface area contributed by atoms with Gasteiger partial charge in [-0.25, -0.2) is 0 Å². The Kier molecular flexibility index (Phi) is 3.18.